The molecule has 1 heterocycles. The number of nitrogens with one attached hydrogen (secondary N) is 2. The number of thiazole rings is 1. The third kappa shape index (κ3) is 6.87. The van der Waals surface area contributed by atoms with Crippen LogP contribution >= 0.6 is 23.1 Å². The van der Waals surface area contributed by atoms with Crippen molar-refractivity contribution in [3.63, 3.8) is 0 Å². The summed E-state index contributed by atoms with van der Waals surface area (Å²) in [6, 6.07) is 15.4. The first-order valence-electron chi connectivity index (χ1n) is 12.1. The molecule has 1 aliphatic carbocycles. The molecule has 0 saturated heterocycles. The third-order valence-corrected chi connectivity index (χ3v) is 8.33. The molecule has 37 heavy (non-hydrogen) atoms. The smallest absolute Gasteiger partial charge is 0.307 e. The minimum Gasteiger partial charge on any atom is -0.481 e. The second-order valence-corrected chi connectivity index (χ2v) is 11.1. The van der Waals surface area contributed by atoms with Crippen LogP contribution in [0.1, 0.15) is 31.7 Å². The van der Waals surface area contributed by atoms with E-state index in [0.29, 0.717) is 30.1 Å². The first-order valence-corrected chi connectivity index (χ1v) is 13.9. The summed E-state index contributed by atoms with van der Waals surface area (Å²) in [5, 5.41) is 17.4. The molecule has 9 heteroatoms. The molecule has 0 radical (unpaired) electrons. The number of amides is 2. The van der Waals surface area contributed by atoms with Gasteiger partial charge in [0.05, 0.1) is 22.8 Å². The lowest BCUT2D eigenvalue weighted by molar-refractivity contribution is -0.146. The first-order chi connectivity index (χ1) is 17.8. The van der Waals surface area contributed by atoms with Gasteiger partial charge in [-0.3, -0.25) is 14.4 Å². The van der Waals surface area contributed by atoms with Crippen molar-refractivity contribution in [1.29, 1.82) is 0 Å². The molecule has 7 nitrogen and oxygen atoms in total. The van der Waals surface area contributed by atoms with E-state index in [-0.39, 0.29) is 17.1 Å². The number of carboxylic acid groups (broad SMARTS) is 1. The topological polar surface area (TPSA) is 108 Å². The van der Waals surface area contributed by atoms with Gasteiger partial charge in [-0.2, -0.15) is 0 Å². The molecule has 3 unspecified atom stereocenters. The lowest BCUT2D eigenvalue weighted by Gasteiger charge is -2.24. The van der Waals surface area contributed by atoms with Crippen LogP contribution in [0.15, 0.2) is 71.0 Å². The number of carbonyl (C=O) groups excluding carboxylic acids is 2. The standard InChI is InChI=1S/C28H29N3O4S2/c1-3-24(26(33)31-28-30-23(16-36-28)18-13-11-17(2)12-14-18)37-20-8-6-7-19(15-20)29-25(32)21-9-4-5-10-22(21)27(34)35/h4-8,11-16,21-22,24H,3,9-10H2,1-2H3,(H,29,32)(H,34,35)(H,30,31,33). The Morgan fingerprint density at radius 2 is 1.81 bits per heavy atom. The Kier molecular flexibility index (Phi) is 8.78. The molecule has 3 aromatic rings. The van der Waals surface area contributed by atoms with Gasteiger partial charge in [-0.05, 0) is 44.4 Å². The van der Waals surface area contributed by atoms with Gasteiger partial charge in [0.15, 0.2) is 5.13 Å². The summed E-state index contributed by atoms with van der Waals surface area (Å²) in [6.45, 7) is 3.98. The number of hydrogen-bond acceptors (Lipinski definition) is 6. The predicted octanol–water partition coefficient (Wildman–Crippen LogP) is 6.23. The molecular weight excluding hydrogens is 506 g/mol. The van der Waals surface area contributed by atoms with Crippen LogP contribution in [0.2, 0.25) is 0 Å². The highest BCUT2D eigenvalue weighted by molar-refractivity contribution is 8.00. The van der Waals surface area contributed by atoms with Gasteiger partial charge in [-0.1, -0.05) is 55.0 Å². The van der Waals surface area contributed by atoms with E-state index in [1.807, 2.05) is 73.8 Å². The van der Waals surface area contributed by atoms with Crippen LogP contribution in [-0.2, 0) is 14.4 Å². The number of hydrogen-bond donors (Lipinski definition) is 3. The fraction of sp³-hybridized carbons (Fsp3) is 0.286. The molecule has 1 aliphatic rings. The predicted molar refractivity (Wildman–Crippen MR) is 149 cm³/mol. The Morgan fingerprint density at radius 3 is 2.51 bits per heavy atom. The highest BCUT2D eigenvalue weighted by Gasteiger charge is 2.34. The van der Waals surface area contributed by atoms with Gasteiger partial charge in [0.2, 0.25) is 11.8 Å². The second kappa shape index (κ2) is 12.2. The van der Waals surface area contributed by atoms with Crippen molar-refractivity contribution in [2.45, 2.75) is 43.3 Å². The number of benzene rings is 2. The number of carboxylic acids is 1. The van der Waals surface area contributed by atoms with Gasteiger partial charge in [0.25, 0.3) is 0 Å². The van der Waals surface area contributed by atoms with Crippen LogP contribution in [0.4, 0.5) is 10.8 Å². The Bertz CT molecular complexity index is 1300. The maximum atomic E-state index is 13.0. The molecule has 3 N–H and O–H groups in total. The SMILES string of the molecule is CCC(Sc1cccc(NC(=O)C2CC=CCC2C(=O)O)c1)C(=O)Nc1nc(-c2ccc(C)cc2)cs1. The van der Waals surface area contributed by atoms with Crippen molar-refractivity contribution in [3.8, 4) is 11.3 Å². The number of allylic oxidation sites excluding steroid dienone is 2. The van der Waals surface area contributed by atoms with Crippen LogP contribution in [-0.4, -0.2) is 33.1 Å². The first kappa shape index (κ1) is 26.6. The fourth-order valence-electron chi connectivity index (χ4n) is 4.12. The highest BCUT2D eigenvalue weighted by Crippen LogP contribution is 2.31. The van der Waals surface area contributed by atoms with Gasteiger partial charge in [-0.15, -0.1) is 23.1 Å². The molecule has 4 rings (SSSR count). The van der Waals surface area contributed by atoms with Crippen LogP contribution in [0.5, 0.6) is 0 Å². The summed E-state index contributed by atoms with van der Waals surface area (Å²) in [5.74, 6) is -2.75. The summed E-state index contributed by atoms with van der Waals surface area (Å²) >= 11 is 2.80. The van der Waals surface area contributed by atoms with Gasteiger partial charge in [0.1, 0.15) is 0 Å². The van der Waals surface area contributed by atoms with Gasteiger partial charge in [0, 0.05) is 21.5 Å². The number of rotatable bonds is 9. The Balaban J connectivity index is 1.38. The number of carbonyl (C=O) groups is 3. The number of aryl methyl sites for hydroxylation is 1. The van der Waals surface area contributed by atoms with Gasteiger partial charge < -0.3 is 15.7 Å². The maximum absolute atomic E-state index is 13.0. The zero-order valence-corrected chi connectivity index (χ0v) is 22.3. The number of nitrogens with zero attached hydrogens (tertiary/aromatic N) is 1. The Morgan fingerprint density at radius 1 is 1.08 bits per heavy atom. The van der Waals surface area contributed by atoms with Crippen LogP contribution in [0.3, 0.4) is 0 Å². The molecule has 1 aromatic heterocycles. The Labute approximate surface area is 224 Å². The molecule has 0 spiro atoms. The van der Waals surface area contributed by atoms with Crippen molar-refractivity contribution in [3.05, 3.63) is 71.6 Å². The molecule has 0 fully saturated rings. The number of aromatic nitrogens is 1. The van der Waals surface area contributed by atoms with Crippen LogP contribution < -0.4 is 10.6 Å². The molecule has 0 saturated carbocycles. The van der Waals surface area contributed by atoms with Crippen molar-refractivity contribution in [1.82, 2.24) is 4.98 Å². The van der Waals surface area contributed by atoms with E-state index in [1.165, 1.54) is 28.7 Å². The van der Waals surface area contributed by atoms with E-state index in [0.717, 1.165) is 16.2 Å². The van der Waals surface area contributed by atoms with E-state index in [9.17, 15) is 19.5 Å². The zero-order chi connectivity index (χ0) is 26.4. The third-order valence-electron chi connectivity index (χ3n) is 6.21. The summed E-state index contributed by atoms with van der Waals surface area (Å²) in [7, 11) is 0. The average Bonchev–Trinajstić information content (AvgIpc) is 3.36. The lowest BCUT2D eigenvalue weighted by atomic mass is 9.82. The van der Waals surface area contributed by atoms with Crippen LogP contribution in [0.25, 0.3) is 11.3 Å². The molecule has 3 atom stereocenters. The molecule has 0 bridgehead atoms. The van der Waals surface area contributed by atoms with E-state index in [1.54, 1.807) is 6.07 Å². The normalized spacial score (nSPS) is 17.7. The minimum atomic E-state index is -0.961. The van der Waals surface area contributed by atoms with Crippen molar-refractivity contribution < 1.29 is 19.5 Å². The van der Waals surface area contributed by atoms with E-state index >= 15 is 0 Å². The highest BCUT2D eigenvalue weighted by atomic mass is 32.2. The van der Waals surface area contributed by atoms with Crippen molar-refractivity contribution >= 4 is 51.7 Å². The van der Waals surface area contributed by atoms with E-state index < -0.39 is 17.8 Å². The van der Waals surface area contributed by atoms with E-state index in [4.69, 9.17) is 0 Å². The van der Waals surface area contributed by atoms with E-state index in [2.05, 4.69) is 15.6 Å². The summed E-state index contributed by atoms with van der Waals surface area (Å²) in [5.41, 5.74) is 3.57. The van der Waals surface area contributed by atoms with Gasteiger partial charge in [-0.25, -0.2) is 4.98 Å². The molecule has 2 aromatic carbocycles. The molecule has 0 aliphatic heterocycles. The number of aliphatic carboxylic acids is 1. The number of anilines is 2. The molecule has 2 amide bonds. The Hall–Kier alpha value is -3.43. The monoisotopic (exact) mass is 535 g/mol. The quantitative estimate of drug-likeness (QED) is 0.221. The summed E-state index contributed by atoms with van der Waals surface area (Å²) < 4.78 is 0. The maximum Gasteiger partial charge on any atom is 0.307 e. The largest absolute Gasteiger partial charge is 0.481 e. The summed E-state index contributed by atoms with van der Waals surface area (Å²) in [4.78, 5) is 42.8. The summed E-state index contributed by atoms with van der Waals surface area (Å²) in [6.07, 6.45) is 5.02. The molecular formula is C28H29N3O4S2. The van der Waals surface area contributed by atoms with Gasteiger partial charge >= 0.3 is 5.97 Å². The second-order valence-electron chi connectivity index (χ2n) is 8.92. The fourth-order valence-corrected chi connectivity index (χ4v) is 5.86. The van der Waals surface area contributed by atoms with Crippen molar-refractivity contribution in [2.24, 2.45) is 11.8 Å². The van der Waals surface area contributed by atoms with Crippen LogP contribution in [0, 0.1) is 18.8 Å². The lowest BCUT2D eigenvalue weighted by Crippen LogP contribution is -2.34. The number of thioether (sulfide) groups is 1. The average molecular weight is 536 g/mol. The molecule has 192 valence electrons. The van der Waals surface area contributed by atoms with Crippen molar-refractivity contribution in [2.75, 3.05) is 10.6 Å². The minimum absolute atomic E-state index is 0.134. The zero-order valence-electron chi connectivity index (χ0n) is 20.6.